The van der Waals surface area contributed by atoms with Crippen LogP contribution in [0.5, 0.6) is 0 Å². The average Bonchev–Trinajstić information content (AvgIpc) is 2.92. The van der Waals surface area contributed by atoms with Crippen LogP contribution in [0, 0.1) is 5.92 Å². The normalized spacial score (nSPS) is 33.0. The van der Waals surface area contributed by atoms with Crippen molar-refractivity contribution < 1.29 is 14.6 Å². The zero-order chi connectivity index (χ0) is 9.71. The van der Waals surface area contributed by atoms with Gasteiger partial charge in [-0.25, -0.2) is 0 Å². The van der Waals surface area contributed by atoms with Gasteiger partial charge in [0.05, 0.1) is 18.6 Å². The van der Waals surface area contributed by atoms with Crippen LogP contribution in [0.2, 0.25) is 0 Å². The van der Waals surface area contributed by atoms with E-state index in [4.69, 9.17) is 9.84 Å². The van der Waals surface area contributed by atoms with Crippen molar-refractivity contribution in [3.63, 3.8) is 0 Å². The Hall–Kier alpha value is -1.35. The van der Waals surface area contributed by atoms with Crippen molar-refractivity contribution in [2.75, 3.05) is 0 Å². The van der Waals surface area contributed by atoms with Gasteiger partial charge in [0.25, 0.3) is 0 Å². The summed E-state index contributed by atoms with van der Waals surface area (Å²) in [6.07, 6.45) is -0.0811. The van der Waals surface area contributed by atoms with Gasteiger partial charge in [-0.15, -0.1) is 0 Å². The first-order valence-electron chi connectivity index (χ1n) is 4.71. The van der Waals surface area contributed by atoms with Gasteiger partial charge >= 0.3 is 5.97 Å². The smallest absolute Gasteiger partial charge is 0.309 e. The van der Waals surface area contributed by atoms with Crippen molar-refractivity contribution in [2.45, 2.75) is 18.6 Å². The SMILES string of the molecule is O=C(O)C1[C@H]2OCc3ccccc3[C@@H]12. The number of fused-ring (bicyclic) bond motifs is 3. The minimum absolute atomic E-state index is 0.0811. The zero-order valence-electron chi connectivity index (χ0n) is 7.51. The molecule has 72 valence electrons. The number of ether oxygens (including phenoxy) is 1. The zero-order valence-corrected chi connectivity index (χ0v) is 7.51. The first-order valence-corrected chi connectivity index (χ1v) is 4.71. The topological polar surface area (TPSA) is 46.5 Å². The highest BCUT2D eigenvalue weighted by Crippen LogP contribution is 2.54. The molecule has 0 amide bonds. The lowest BCUT2D eigenvalue weighted by atomic mass is 10.0. The highest BCUT2D eigenvalue weighted by molar-refractivity contribution is 5.77. The molecule has 3 heteroatoms. The van der Waals surface area contributed by atoms with Crippen LogP contribution in [0.15, 0.2) is 24.3 Å². The second-order valence-corrected chi connectivity index (χ2v) is 3.86. The Kier molecular flexibility index (Phi) is 1.47. The van der Waals surface area contributed by atoms with Gasteiger partial charge in [-0.05, 0) is 11.1 Å². The van der Waals surface area contributed by atoms with Crippen molar-refractivity contribution in [3.05, 3.63) is 35.4 Å². The molecule has 3 nitrogen and oxygen atoms in total. The van der Waals surface area contributed by atoms with Crippen molar-refractivity contribution in [1.82, 2.24) is 0 Å². The molecule has 1 aromatic carbocycles. The minimum atomic E-state index is -0.739. The average molecular weight is 190 g/mol. The van der Waals surface area contributed by atoms with Gasteiger partial charge in [0.15, 0.2) is 0 Å². The summed E-state index contributed by atoms with van der Waals surface area (Å²) in [5, 5.41) is 8.93. The van der Waals surface area contributed by atoms with Crippen LogP contribution in [-0.4, -0.2) is 17.2 Å². The maximum absolute atomic E-state index is 10.9. The van der Waals surface area contributed by atoms with E-state index in [2.05, 4.69) is 0 Å². The van der Waals surface area contributed by atoms with E-state index in [0.717, 1.165) is 11.1 Å². The molecule has 1 fully saturated rings. The molecular weight excluding hydrogens is 180 g/mol. The largest absolute Gasteiger partial charge is 0.481 e. The molecule has 1 aromatic rings. The first kappa shape index (κ1) is 8.00. The quantitative estimate of drug-likeness (QED) is 0.727. The molecule has 1 heterocycles. The number of benzene rings is 1. The molecule has 1 N–H and O–H groups in total. The highest BCUT2D eigenvalue weighted by atomic mass is 16.5. The standard InChI is InChI=1S/C11H10O3/c12-11(13)9-8-7-4-2-1-3-6(7)5-14-10(8)9/h1-4,8-10H,5H2,(H,12,13)/t8-,9?,10-/m0/s1. The lowest BCUT2D eigenvalue weighted by Crippen LogP contribution is -2.07. The van der Waals surface area contributed by atoms with Crippen LogP contribution in [0.25, 0.3) is 0 Å². The second kappa shape index (κ2) is 2.58. The van der Waals surface area contributed by atoms with E-state index in [1.807, 2.05) is 24.3 Å². The fourth-order valence-electron chi connectivity index (χ4n) is 2.33. The predicted octanol–water partition coefficient (Wildman–Crippen LogP) is 1.38. The minimum Gasteiger partial charge on any atom is -0.481 e. The third-order valence-electron chi connectivity index (χ3n) is 3.08. The van der Waals surface area contributed by atoms with E-state index < -0.39 is 5.97 Å². The molecule has 3 rings (SSSR count). The fourth-order valence-corrected chi connectivity index (χ4v) is 2.33. The highest BCUT2D eigenvalue weighted by Gasteiger charge is 2.59. The monoisotopic (exact) mass is 190 g/mol. The lowest BCUT2D eigenvalue weighted by molar-refractivity contribution is -0.139. The third-order valence-corrected chi connectivity index (χ3v) is 3.08. The van der Waals surface area contributed by atoms with Gasteiger partial charge in [-0.2, -0.15) is 0 Å². The molecule has 0 spiro atoms. The molecule has 2 aliphatic rings. The molecule has 0 bridgehead atoms. The van der Waals surface area contributed by atoms with Crippen LogP contribution < -0.4 is 0 Å². The number of carboxylic acid groups (broad SMARTS) is 1. The molecule has 3 atom stereocenters. The first-order chi connectivity index (χ1) is 6.79. The lowest BCUT2D eigenvalue weighted by Gasteiger charge is -2.14. The third kappa shape index (κ3) is 0.930. The number of aliphatic carboxylic acids is 1. The summed E-state index contributed by atoms with van der Waals surface area (Å²) < 4.78 is 5.47. The molecule has 1 unspecified atom stereocenters. The predicted molar refractivity (Wildman–Crippen MR) is 48.9 cm³/mol. The molecule has 14 heavy (non-hydrogen) atoms. The Morgan fingerprint density at radius 3 is 3.00 bits per heavy atom. The van der Waals surface area contributed by atoms with E-state index in [-0.39, 0.29) is 17.9 Å². The van der Waals surface area contributed by atoms with Crippen LogP contribution in [0.3, 0.4) is 0 Å². The molecular formula is C11H10O3. The molecule has 1 saturated carbocycles. The van der Waals surface area contributed by atoms with E-state index in [9.17, 15) is 4.79 Å². The summed E-state index contributed by atoms with van der Waals surface area (Å²) in [5.41, 5.74) is 2.30. The molecule has 1 aliphatic heterocycles. The summed E-state index contributed by atoms with van der Waals surface area (Å²) in [6.45, 7) is 0.557. The van der Waals surface area contributed by atoms with E-state index in [1.165, 1.54) is 0 Å². The van der Waals surface area contributed by atoms with E-state index >= 15 is 0 Å². The summed E-state index contributed by atoms with van der Waals surface area (Å²) in [4.78, 5) is 10.9. The number of carboxylic acids is 1. The number of rotatable bonds is 1. The van der Waals surface area contributed by atoms with E-state index in [0.29, 0.717) is 6.61 Å². The van der Waals surface area contributed by atoms with Crippen molar-refractivity contribution in [2.24, 2.45) is 5.92 Å². The van der Waals surface area contributed by atoms with Crippen molar-refractivity contribution in [3.8, 4) is 0 Å². The van der Waals surface area contributed by atoms with Crippen molar-refractivity contribution in [1.29, 1.82) is 0 Å². The van der Waals surface area contributed by atoms with Crippen LogP contribution in [0.1, 0.15) is 17.0 Å². The van der Waals surface area contributed by atoms with Crippen LogP contribution in [0.4, 0.5) is 0 Å². The number of carbonyl (C=O) groups is 1. The van der Waals surface area contributed by atoms with Gasteiger partial charge < -0.3 is 9.84 Å². The second-order valence-electron chi connectivity index (χ2n) is 3.86. The Morgan fingerprint density at radius 2 is 2.21 bits per heavy atom. The maximum Gasteiger partial charge on any atom is 0.309 e. The summed E-state index contributed by atoms with van der Waals surface area (Å²) in [5.74, 6) is -0.965. The Bertz CT molecular complexity index is 399. The number of hydrogen-bond acceptors (Lipinski definition) is 2. The Balaban J connectivity index is 2.00. The summed E-state index contributed by atoms with van der Waals surface area (Å²) >= 11 is 0. The number of hydrogen-bond donors (Lipinski definition) is 1. The summed E-state index contributed by atoms with van der Waals surface area (Å²) in [7, 11) is 0. The summed E-state index contributed by atoms with van der Waals surface area (Å²) in [6, 6.07) is 7.93. The molecule has 0 saturated heterocycles. The Labute approximate surface area is 81.3 Å². The van der Waals surface area contributed by atoms with Gasteiger partial charge in [0.1, 0.15) is 0 Å². The maximum atomic E-state index is 10.9. The van der Waals surface area contributed by atoms with Gasteiger partial charge in [0.2, 0.25) is 0 Å². The van der Waals surface area contributed by atoms with Gasteiger partial charge in [0, 0.05) is 5.92 Å². The van der Waals surface area contributed by atoms with Crippen LogP contribution >= 0.6 is 0 Å². The van der Waals surface area contributed by atoms with Crippen LogP contribution in [-0.2, 0) is 16.1 Å². The van der Waals surface area contributed by atoms with E-state index in [1.54, 1.807) is 0 Å². The van der Waals surface area contributed by atoms with Gasteiger partial charge in [-0.1, -0.05) is 24.3 Å². The molecule has 0 aromatic heterocycles. The van der Waals surface area contributed by atoms with Crippen molar-refractivity contribution >= 4 is 5.97 Å². The van der Waals surface area contributed by atoms with Gasteiger partial charge in [-0.3, -0.25) is 4.79 Å². The Morgan fingerprint density at radius 1 is 1.43 bits per heavy atom. The molecule has 0 radical (unpaired) electrons. The fraction of sp³-hybridized carbons (Fsp3) is 0.364. The molecule has 1 aliphatic carbocycles.